The van der Waals surface area contributed by atoms with Crippen LogP contribution in [0.25, 0.3) is 27.9 Å². The van der Waals surface area contributed by atoms with Crippen molar-refractivity contribution in [1.82, 2.24) is 29.5 Å². The van der Waals surface area contributed by atoms with E-state index in [9.17, 15) is 4.79 Å². The highest BCUT2D eigenvalue weighted by Crippen LogP contribution is 2.25. The molecule has 0 unspecified atom stereocenters. The zero-order chi connectivity index (χ0) is 21.7. The van der Waals surface area contributed by atoms with E-state index in [1.54, 1.807) is 4.52 Å². The van der Waals surface area contributed by atoms with Gasteiger partial charge in [0.15, 0.2) is 5.82 Å². The summed E-state index contributed by atoms with van der Waals surface area (Å²) in [6.07, 6.45) is 1.87. The number of nitrogens with zero attached hydrogens (tertiary/aromatic N) is 6. The number of rotatable bonds is 3. The molecule has 4 heterocycles. The average Bonchev–Trinajstić information content (AvgIpc) is 3.18. The van der Waals surface area contributed by atoms with Crippen LogP contribution >= 0.6 is 0 Å². The highest BCUT2D eigenvalue weighted by molar-refractivity contribution is 5.83. The molecular weight excluding hydrogens is 390 g/mol. The molecule has 0 saturated carbocycles. The lowest BCUT2D eigenvalue weighted by molar-refractivity contribution is 0.240. The van der Waals surface area contributed by atoms with Gasteiger partial charge in [-0.1, -0.05) is 6.92 Å². The molecule has 0 spiro atoms. The Morgan fingerprint density at radius 2 is 2.00 bits per heavy atom. The summed E-state index contributed by atoms with van der Waals surface area (Å²) < 4.78 is 1.79. The molecular formula is C23H27N7O. The molecule has 1 atom stereocenters. The number of H-pyrrole nitrogens is 1. The third-order valence-electron chi connectivity index (χ3n) is 6.18. The molecule has 1 aliphatic heterocycles. The van der Waals surface area contributed by atoms with Crippen LogP contribution in [-0.2, 0) is 0 Å². The van der Waals surface area contributed by atoms with Gasteiger partial charge in [-0.05, 0) is 51.6 Å². The first-order valence-corrected chi connectivity index (χ1v) is 10.8. The monoisotopic (exact) mass is 417 g/mol. The maximum absolute atomic E-state index is 13.0. The van der Waals surface area contributed by atoms with E-state index in [1.807, 2.05) is 38.2 Å². The van der Waals surface area contributed by atoms with E-state index in [-0.39, 0.29) is 5.56 Å². The third kappa shape index (κ3) is 3.46. The van der Waals surface area contributed by atoms with E-state index in [1.165, 1.54) is 0 Å². The van der Waals surface area contributed by atoms with E-state index in [2.05, 4.69) is 44.8 Å². The highest BCUT2D eigenvalue weighted by atomic mass is 16.1. The van der Waals surface area contributed by atoms with Crippen molar-refractivity contribution in [3.8, 4) is 11.5 Å². The van der Waals surface area contributed by atoms with E-state index < -0.39 is 0 Å². The summed E-state index contributed by atoms with van der Waals surface area (Å²) in [5.74, 6) is 0.468. The van der Waals surface area contributed by atoms with Crippen molar-refractivity contribution in [2.75, 3.05) is 31.1 Å². The number of benzene rings is 1. The molecule has 1 fully saturated rings. The Labute approximate surface area is 180 Å². The zero-order valence-electron chi connectivity index (χ0n) is 18.4. The van der Waals surface area contributed by atoms with Crippen LogP contribution in [0.3, 0.4) is 0 Å². The largest absolute Gasteiger partial charge is 0.366 e. The molecule has 31 heavy (non-hydrogen) atoms. The van der Waals surface area contributed by atoms with Crippen LogP contribution in [0.2, 0.25) is 0 Å². The number of aromatic nitrogens is 5. The summed E-state index contributed by atoms with van der Waals surface area (Å²) in [5.41, 5.74) is 4.91. The number of piperazine rings is 1. The first-order chi connectivity index (χ1) is 14.9. The van der Waals surface area contributed by atoms with Gasteiger partial charge < -0.3 is 9.88 Å². The first kappa shape index (κ1) is 19.7. The molecule has 5 rings (SSSR count). The molecule has 0 bridgehead atoms. The van der Waals surface area contributed by atoms with Gasteiger partial charge in [0.2, 0.25) is 0 Å². The van der Waals surface area contributed by atoms with E-state index in [4.69, 9.17) is 4.98 Å². The fraction of sp³-hybridized carbons (Fsp3) is 0.391. The average molecular weight is 418 g/mol. The molecule has 1 aromatic carbocycles. The molecule has 0 radical (unpaired) electrons. The van der Waals surface area contributed by atoms with Crippen LogP contribution < -0.4 is 10.5 Å². The van der Waals surface area contributed by atoms with Crippen molar-refractivity contribution in [3.63, 3.8) is 0 Å². The molecule has 1 N–H and O–H groups in total. The Bertz CT molecular complexity index is 1340. The summed E-state index contributed by atoms with van der Waals surface area (Å²) in [6.45, 7) is 12.4. The number of anilines is 1. The van der Waals surface area contributed by atoms with Gasteiger partial charge in [0.25, 0.3) is 5.56 Å². The second-order valence-electron chi connectivity index (χ2n) is 8.38. The number of likely N-dealkylation sites (N-methyl/N-ethyl adjacent to an activating group) is 1. The van der Waals surface area contributed by atoms with E-state index in [0.717, 1.165) is 48.8 Å². The second kappa shape index (κ2) is 7.46. The molecule has 160 valence electrons. The number of fused-ring (bicyclic) bond motifs is 2. The van der Waals surface area contributed by atoms with Gasteiger partial charge in [-0.3, -0.25) is 14.7 Å². The van der Waals surface area contributed by atoms with Crippen LogP contribution in [0.5, 0.6) is 0 Å². The number of nitrogens with one attached hydrogen (secondary N) is 1. The summed E-state index contributed by atoms with van der Waals surface area (Å²) in [5, 5.41) is 5.20. The smallest absolute Gasteiger partial charge is 0.259 e. The highest BCUT2D eigenvalue weighted by Gasteiger charge is 2.23. The standard InChI is InChI=1S/C23H27N7O/c1-5-28-8-9-29(15(3)13-28)17-6-7-19-18(10-17)23(31)26-22(25-19)20-11-21-16(4)24-14(2)12-30(21)27-20/h6-7,10-12,15H,5,8-9,13H2,1-4H3,(H,25,26,31)/t15-/m0/s1. The maximum atomic E-state index is 13.0. The fourth-order valence-electron chi connectivity index (χ4n) is 4.54. The zero-order valence-corrected chi connectivity index (χ0v) is 18.4. The first-order valence-electron chi connectivity index (χ1n) is 10.8. The molecule has 3 aromatic heterocycles. The van der Waals surface area contributed by atoms with Crippen LogP contribution in [0.15, 0.2) is 35.3 Å². The number of hydrogen-bond donors (Lipinski definition) is 1. The minimum atomic E-state index is -0.148. The van der Waals surface area contributed by atoms with E-state index in [0.29, 0.717) is 28.5 Å². The van der Waals surface area contributed by atoms with Crippen molar-refractivity contribution in [1.29, 1.82) is 0 Å². The molecule has 0 aliphatic carbocycles. The minimum absolute atomic E-state index is 0.148. The van der Waals surface area contributed by atoms with Gasteiger partial charge in [0.05, 0.1) is 34.0 Å². The third-order valence-corrected chi connectivity index (χ3v) is 6.18. The Morgan fingerprint density at radius 1 is 1.16 bits per heavy atom. The topological polar surface area (TPSA) is 82.4 Å². The lowest BCUT2D eigenvalue weighted by Crippen LogP contribution is -2.51. The van der Waals surface area contributed by atoms with Gasteiger partial charge >= 0.3 is 0 Å². The fourth-order valence-corrected chi connectivity index (χ4v) is 4.54. The summed E-state index contributed by atoms with van der Waals surface area (Å²) >= 11 is 0. The molecule has 1 aliphatic rings. The predicted molar refractivity (Wildman–Crippen MR) is 123 cm³/mol. The number of hydrogen-bond acceptors (Lipinski definition) is 6. The van der Waals surface area contributed by atoms with Crippen molar-refractivity contribution < 1.29 is 0 Å². The quantitative estimate of drug-likeness (QED) is 0.552. The van der Waals surface area contributed by atoms with Gasteiger partial charge in [-0.2, -0.15) is 5.10 Å². The van der Waals surface area contributed by atoms with Crippen molar-refractivity contribution in [2.45, 2.75) is 33.7 Å². The Morgan fingerprint density at radius 3 is 2.77 bits per heavy atom. The summed E-state index contributed by atoms with van der Waals surface area (Å²) in [7, 11) is 0. The van der Waals surface area contributed by atoms with Crippen molar-refractivity contribution in [3.05, 3.63) is 52.2 Å². The summed E-state index contributed by atoms with van der Waals surface area (Å²) in [4.78, 5) is 29.9. The molecule has 4 aromatic rings. The molecule has 0 amide bonds. The predicted octanol–water partition coefficient (Wildman–Crippen LogP) is 2.78. The second-order valence-corrected chi connectivity index (χ2v) is 8.38. The Hall–Kier alpha value is -3.26. The van der Waals surface area contributed by atoms with Gasteiger partial charge in [0.1, 0.15) is 5.69 Å². The van der Waals surface area contributed by atoms with E-state index >= 15 is 0 Å². The lowest BCUT2D eigenvalue weighted by Gasteiger charge is -2.41. The number of aryl methyl sites for hydroxylation is 2. The van der Waals surface area contributed by atoms with Crippen molar-refractivity contribution in [2.24, 2.45) is 0 Å². The van der Waals surface area contributed by atoms with Gasteiger partial charge in [-0.15, -0.1) is 0 Å². The van der Waals surface area contributed by atoms with Crippen LogP contribution in [0.4, 0.5) is 5.69 Å². The SMILES string of the molecule is CCN1CCN(c2ccc3nc(-c4cc5c(C)nc(C)cn5n4)[nH]c(=O)c3c2)[C@@H](C)C1. The van der Waals surface area contributed by atoms with Gasteiger partial charge in [0, 0.05) is 31.4 Å². The molecule has 8 heteroatoms. The van der Waals surface area contributed by atoms with Crippen molar-refractivity contribution >= 4 is 22.1 Å². The summed E-state index contributed by atoms with van der Waals surface area (Å²) in [6, 6.07) is 8.28. The normalized spacial score (nSPS) is 17.7. The Balaban J connectivity index is 1.53. The number of aromatic amines is 1. The van der Waals surface area contributed by atoms with Crippen LogP contribution in [0.1, 0.15) is 25.2 Å². The maximum Gasteiger partial charge on any atom is 0.259 e. The lowest BCUT2D eigenvalue weighted by atomic mass is 10.1. The molecule has 1 saturated heterocycles. The molecule has 8 nitrogen and oxygen atoms in total. The van der Waals surface area contributed by atoms with Crippen LogP contribution in [-0.4, -0.2) is 61.7 Å². The Kier molecular flexibility index (Phi) is 4.74. The minimum Gasteiger partial charge on any atom is -0.366 e. The van der Waals surface area contributed by atoms with Crippen LogP contribution in [0, 0.1) is 13.8 Å². The van der Waals surface area contributed by atoms with Gasteiger partial charge in [-0.25, -0.2) is 9.50 Å².